The van der Waals surface area contributed by atoms with Crippen LogP contribution in [0.1, 0.15) is 5.56 Å². The number of halogens is 1. The van der Waals surface area contributed by atoms with Crippen LogP contribution in [0.4, 0.5) is 14.9 Å². The minimum Gasteiger partial charge on any atom is -0.343 e. The number of amides is 3. The van der Waals surface area contributed by atoms with E-state index >= 15 is 0 Å². The number of para-hydroxylation sites is 1. The molecule has 8 heteroatoms. The van der Waals surface area contributed by atoms with Crippen LogP contribution in [0.25, 0.3) is 17.0 Å². The molecule has 31 heavy (non-hydrogen) atoms. The van der Waals surface area contributed by atoms with Crippen molar-refractivity contribution in [1.82, 2.24) is 9.47 Å². The van der Waals surface area contributed by atoms with E-state index in [2.05, 4.69) is 11.9 Å². The molecule has 0 unspecified atom stereocenters. The van der Waals surface area contributed by atoms with Gasteiger partial charge in [-0.05, 0) is 42.1 Å². The molecule has 1 aliphatic heterocycles. The summed E-state index contributed by atoms with van der Waals surface area (Å²) >= 11 is 0.788. The predicted molar refractivity (Wildman–Crippen MR) is 120 cm³/mol. The van der Waals surface area contributed by atoms with Crippen molar-refractivity contribution in [3.05, 3.63) is 83.7 Å². The third-order valence-corrected chi connectivity index (χ3v) is 5.62. The number of allylic oxidation sites excluding steroid dienone is 1. The summed E-state index contributed by atoms with van der Waals surface area (Å²) in [6, 6.07) is 13.1. The molecule has 1 aliphatic rings. The first-order chi connectivity index (χ1) is 15.0. The average molecular weight is 435 g/mol. The lowest BCUT2D eigenvalue weighted by atomic mass is 10.1. The van der Waals surface area contributed by atoms with Gasteiger partial charge in [-0.15, -0.1) is 6.58 Å². The van der Waals surface area contributed by atoms with Crippen molar-refractivity contribution >= 4 is 51.5 Å². The van der Waals surface area contributed by atoms with Gasteiger partial charge in [-0.2, -0.15) is 0 Å². The summed E-state index contributed by atoms with van der Waals surface area (Å²) in [5.41, 5.74) is 2.04. The van der Waals surface area contributed by atoms with E-state index in [0.29, 0.717) is 6.54 Å². The minimum absolute atomic E-state index is 0.241. The van der Waals surface area contributed by atoms with Gasteiger partial charge in [0.1, 0.15) is 12.4 Å². The quantitative estimate of drug-likeness (QED) is 0.452. The van der Waals surface area contributed by atoms with Crippen LogP contribution >= 0.6 is 11.8 Å². The van der Waals surface area contributed by atoms with Crippen LogP contribution in [0.15, 0.2) is 72.3 Å². The molecular formula is C23H18FN3O3S. The molecule has 1 saturated heterocycles. The molecule has 1 N–H and O–H groups in total. The molecule has 2 heterocycles. The Kier molecular flexibility index (Phi) is 5.73. The molecule has 0 saturated carbocycles. The van der Waals surface area contributed by atoms with Crippen molar-refractivity contribution in [3.63, 3.8) is 0 Å². The number of imide groups is 1. The Bertz CT molecular complexity index is 1250. The van der Waals surface area contributed by atoms with E-state index in [1.54, 1.807) is 12.2 Å². The van der Waals surface area contributed by atoms with Crippen molar-refractivity contribution in [2.45, 2.75) is 6.54 Å². The largest absolute Gasteiger partial charge is 0.343 e. The van der Waals surface area contributed by atoms with Gasteiger partial charge in [-0.25, -0.2) is 4.39 Å². The predicted octanol–water partition coefficient (Wildman–Crippen LogP) is 4.64. The Morgan fingerprint density at radius 3 is 2.74 bits per heavy atom. The molecule has 0 atom stereocenters. The van der Waals surface area contributed by atoms with E-state index in [4.69, 9.17) is 0 Å². The van der Waals surface area contributed by atoms with Crippen LogP contribution in [0.5, 0.6) is 0 Å². The van der Waals surface area contributed by atoms with E-state index in [9.17, 15) is 18.8 Å². The number of rotatable bonds is 6. The highest BCUT2D eigenvalue weighted by Gasteiger charge is 2.36. The second-order valence-corrected chi connectivity index (χ2v) is 7.86. The molecule has 0 radical (unpaired) electrons. The van der Waals surface area contributed by atoms with Crippen LogP contribution < -0.4 is 5.32 Å². The second-order valence-electron chi connectivity index (χ2n) is 6.87. The van der Waals surface area contributed by atoms with Gasteiger partial charge in [-0.3, -0.25) is 19.3 Å². The normalized spacial score (nSPS) is 15.1. The standard InChI is InChI=1S/C23H18FN3O3S/c1-2-10-26-13-15(18-8-3-4-9-19(18)26)11-20-22(29)27(23(30)31-20)14-21(28)25-17-7-5-6-16(24)12-17/h2-9,11-13H,1,10,14H2,(H,25,28)/b20-11+. The molecule has 0 bridgehead atoms. The number of carbonyl (C=O) groups is 3. The third kappa shape index (κ3) is 4.29. The number of hydrogen-bond acceptors (Lipinski definition) is 4. The summed E-state index contributed by atoms with van der Waals surface area (Å²) < 4.78 is 15.3. The Morgan fingerprint density at radius 1 is 1.16 bits per heavy atom. The van der Waals surface area contributed by atoms with Gasteiger partial charge in [0.15, 0.2) is 0 Å². The summed E-state index contributed by atoms with van der Waals surface area (Å²) in [7, 11) is 0. The highest BCUT2D eigenvalue weighted by molar-refractivity contribution is 8.18. The topological polar surface area (TPSA) is 71.4 Å². The molecular weight excluding hydrogens is 417 g/mol. The van der Waals surface area contributed by atoms with Gasteiger partial charge < -0.3 is 9.88 Å². The second kappa shape index (κ2) is 8.61. The van der Waals surface area contributed by atoms with Crippen molar-refractivity contribution in [3.8, 4) is 0 Å². The van der Waals surface area contributed by atoms with Gasteiger partial charge in [0.2, 0.25) is 5.91 Å². The number of nitrogens with zero attached hydrogens (tertiary/aromatic N) is 2. The Hall–Kier alpha value is -3.65. The number of anilines is 1. The minimum atomic E-state index is -0.586. The molecule has 0 aliphatic carbocycles. The van der Waals surface area contributed by atoms with Gasteiger partial charge in [0.05, 0.1) is 4.91 Å². The van der Waals surface area contributed by atoms with Crippen molar-refractivity contribution in [2.24, 2.45) is 0 Å². The number of carbonyl (C=O) groups excluding carboxylic acids is 3. The smallest absolute Gasteiger partial charge is 0.294 e. The Balaban J connectivity index is 1.54. The van der Waals surface area contributed by atoms with Crippen molar-refractivity contribution in [2.75, 3.05) is 11.9 Å². The van der Waals surface area contributed by atoms with Gasteiger partial charge in [0, 0.05) is 34.9 Å². The zero-order valence-electron chi connectivity index (χ0n) is 16.4. The van der Waals surface area contributed by atoms with E-state index in [0.717, 1.165) is 39.2 Å². The summed E-state index contributed by atoms with van der Waals surface area (Å²) in [6.45, 7) is 3.92. The highest BCUT2D eigenvalue weighted by atomic mass is 32.2. The first-order valence-corrected chi connectivity index (χ1v) is 10.3. The number of benzene rings is 2. The number of aromatic nitrogens is 1. The maximum absolute atomic E-state index is 13.3. The molecule has 4 rings (SSSR count). The fourth-order valence-corrected chi connectivity index (χ4v) is 4.20. The molecule has 0 spiro atoms. The first kappa shape index (κ1) is 20.6. The number of hydrogen-bond donors (Lipinski definition) is 1. The van der Waals surface area contributed by atoms with Gasteiger partial charge in [0.25, 0.3) is 11.1 Å². The SMILES string of the molecule is C=CCn1cc(/C=C2/SC(=O)N(CC(=O)Nc3cccc(F)c3)C2=O)c2ccccc21. The van der Waals surface area contributed by atoms with E-state index in [1.807, 2.05) is 35.0 Å². The van der Waals surface area contributed by atoms with Crippen LogP contribution in [-0.2, 0) is 16.1 Å². The fraction of sp³-hybridized carbons (Fsp3) is 0.0870. The molecule has 3 amide bonds. The van der Waals surface area contributed by atoms with Crippen LogP contribution in [0, 0.1) is 5.82 Å². The van der Waals surface area contributed by atoms with Gasteiger partial charge >= 0.3 is 0 Å². The Labute approximate surface area is 182 Å². The number of thioether (sulfide) groups is 1. The summed E-state index contributed by atoms with van der Waals surface area (Å²) in [5.74, 6) is -1.62. The van der Waals surface area contributed by atoms with E-state index in [-0.39, 0.29) is 10.6 Å². The summed E-state index contributed by atoms with van der Waals surface area (Å²) in [4.78, 5) is 38.5. The third-order valence-electron chi connectivity index (χ3n) is 4.72. The van der Waals surface area contributed by atoms with E-state index in [1.165, 1.54) is 18.2 Å². The molecule has 1 fully saturated rings. The zero-order chi connectivity index (χ0) is 22.0. The molecule has 1 aromatic heterocycles. The number of nitrogens with one attached hydrogen (secondary N) is 1. The molecule has 3 aromatic rings. The maximum Gasteiger partial charge on any atom is 0.294 e. The van der Waals surface area contributed by atoms with Crippen molar-refractivity contribution < 1.29 is 18.8 Å². The fourth-order valence-electron chi connectivity index (χ4n) is 3.37. The molecule has 156 valence electrons. The van der Waals surface area contributed by atoms with Crippen molar-refractivity contribution in [1.29, 1.82) is 0 Å². The van der Waals surface area contributed by atoms with Crippen LogP contribution in [-0.4, -0.2) is 33.1 Å². The van der Waals surface area contributed by atoms with Crippen LogP contribution in [0.2, 0.25) is 0 Å². The monoisotopic (exact) mass is 435 g/mol. The Morgan fingerprint density at radius 2 is 1.97 bits per heavy atom. The number of fused-ring (bicyclic) bond motifs is 1. The molecule has 6 nitrogen and oxygen atoms in total. The average Bonchev–Trinajstić information content (AvgIpc) is 3.21. The summed E-state index contributed by atoms with van der Waals surface area (Å²) in [6.07, 6.45) is 5.34. The van der Waals surface area contributed by atoms with E-state index < -0.39 is 29.4 Å². The molecule has 2 aromatic carbocycles. The lowest BCUT2D eigenvalue weighted by molar-refractivity contribution is -0.127. The highest BCUT2D eigenvalue weighted by Crippen LogP contribution is 2.34. The first-order valence-electron chi connectivity index (χ1n) is 9.46. The van der Waals surface area contributed by atoms with Crippen LogP contribution in [0.3, 0.4) is 0 Å². The lowest BCUT2D eigenvalue weighted by Crippen LogP contribution is -2.36. The zero-order valence-corrected chi connectivity index (χ0v) is 17.2. The lowest BCUT2D eigenvalue weighted by Gasteiger charge is -2.12. The van der Waals surface area contributed by atoms with Gasteiger partial charge in [-0.1, -0.05) is 30.3 Å². The summed E-state index contributed by atoms with van der Waals surface area (Å²) in [5, 5.41) is 2.91. The maximum atomic E-state index is 13.3.